The molecule has 1 aromatic carbocycles. The van der Waals surface area contributed by atoms with Crippen molar-refractivity contribution in [3.8, 4) is 11.5 Å². The standard InChI is InChI=1S/C13H18ClO4P/c1-9-10-5-4-6-11(12(10)17-13(9,2)3)18-19(15,16)8-7-14/h4-6,9H,7-8H2,1-3H3,(H,15,16). The molecule has 0 aromatic heterocycles. The Balaban J connectivity index is 2.34. The molecule has 0 fully saturated rings. The van der Waals surface area contributed by atoms with Gasteiger partial charge in [-0.2, -0.15) is 0 Å². The normalized spacial score (nSPS) is 23.3. The molecule has 1 aromatic rings. The van der Waals surface area contributed by atoms with E-state index in [0.717, 1.165) is 5.56 Å². The summed E-state index contributed by atoms with van der Waals surface area (Å²) in [4.78, 5) is 9.69. The van der Waals surface area contributed by atoms with Crippen molar-refractivity contribution >= 4 is 19.2 Å². The van der Waals surface area contributed by atoms with Crippen molar-refractivity contribution in [2.45, 2.75) is 32.3 Å². The summed E-state index contributed by atoms with van der Waals surface area (Å²) in [5.41, 5.74) is 0.640. The minimum absolute atomic E-state index is 0.0750. The van der Waals surface area contributed by atoms with Crippen LogP contribution in [-0.2, 0) is 4.57 Å². The smallest absolute Gasteiger partial charge is 0.377 e. The molecular weight excluding hydrogens is 287 g/mol. The molecule has 1 aliphatic rings. The summed E-state index contributed by atoms with van der Waals surface area (Å²) < 4.78 is 22.9. The van der Waals surface area contributed by atoms with Crippen LogP contribution in [0.25, 0.3) is 0 Å². The van der Waals surface area contributed by atoms with Crippen LogP contribution in [-0.4, -0.2) is 22.5 Å². The predicted octanol–water partition coefficient (Wildman–Crippen LogP) is 3.76. The van der Waals surface area contributed by atoms with Crippen LogP contribution < -0.4 is 9.26 Å². The van der Waals surface area contributed by atoms with E-state index in [1.165, 1.54) is 0 Å². The van der Waals surface area contributed by atoms with Gasteiger partial charge in [0.15, 0.2) is 11.5 Å². The van der Waals surface area contributed by atoms with Crippen LogP contribution in [0.5, 0.6) is 11.5 Å². The molecule has 106 valence electrons. The third kappa shape index (κ3) is 2.91. The average molecular weight is 305 g/mol. The number of hydrogen-bond donors (Lipinski definition) is 1. The molecule has 0 spiro atoms. The Kier molecular flexibility index (Phi) is 3.87. The number of para-hydroxylation sites is 1. The van der Waals surface area contributed by atoms with Gasteiger partial charge in [-0.1, -0.05) is 19.1 Å². The first-order valence-corrected chi connectivity index (χ1v) is 8.46. The van der Waals surface area contributed by atoms with Crippen LogP contribution in [0.2, 0.25) is 0 Å². The van der Waals surface area contributed by atoms with Crippen molar-refractivity contribution in [3.05, 3.63) is 23.8 Å². The molecule has 1 heterocycles. The average Bonchev–Trinajstić information content (AvgIpc) is 2.52. The minimum atomic E-state index is -3.72. The fourth-order valence-electron chi connectivity index (χ4n) is 2.09. The second-order valence-electron chi connectivity index (χ2n) is 5.24. The number of halogens is 1. The van der Waals surface area contributed by atoms with Gasteiger partial charge in [0, 0.05) is 17.4 Å². The van der Waals surface area contributed by atoms with Gasteiger partial charge in [-0.3, -0.25) is 0 Å². The van der Waals surface area contributed by atoms with Crippen molar-refractivity contribution < 1.29 is 18.7 Å². The molecule has 2 atom stereocenters. The molecule has 0 aliphatic carbocycles. The third-order valence-electron chi connectivity index (χ3n) is 3.49. The zero-order valence-electron chi connectivity index (χ0n) is 11.2. The lowest BCUT2D eigenvalue weighted by atomic mass is 9.89. The molecule has 0 saturated carbocycles. The molecule has 2 unspecified atom stereocenters. The van der Waals surface area contributed by atoms with Gasteiger partial charge in [-0.25, -0.2) is 4.57 Å². The Morgan fingerprint density at radius 2 is 2.21 bits per heavy atom. The van der Waals surface area contributed by atoms with Gasteiger partial charge in [0.2, 0.25) is 0 Å². The van der Waals surface area contributed by atoms with Crippen molar-refractivity contribution in [3.63, 3.8) is 0 Å². The lowest BCUT2D eigenvalue weighted by Gasteiger charge is -2.23. The Morgan fingerprint density at radius 3 is 2.84 bits per heavy atom. The van der Waals surface area contributed by atoms with E-state index in [4.69, 9.17) is 20.9 Å². The second kappa shape index (κ2) is 5.01. The van der Waals surface area contributed by atoms with Crippen LogP contribution in [0.4, 0.5) is 0 Å². The molecule has 0 radical (unpaired) electrons. The van der Waals surface area contributed by atoms with Crippen LogP contribution in [0.3, 0.4) is 0 Å². The fraction of sp³-hybridized carbons (Fsp3) is 0.538. The zero-order chi connectivity index (χ0) is 14.3. The van der Waals surface area contributed by atoms with E-state index >= 15 is 0 Å². The molecule has 0 amide bonds. The number of alkyl halides is 1. The molecule has 4 nitrogen and oxygen atoms in total. The molecule has 0 bridgehead atoms. The lowest BCUT2D eigenvalue weighted by molar-refractivity contribution is 0.113. The molecular formula is C13H18ClO4P. The van der Waals surface area contributed by atoms with Crippen molar-refractivity contribution in [1.29, 1.82) is 0 Å². The molecule has 2 rings (SSSR count). The number of benzene rings is 1. The molecule has 6 heteroatoms. The van der Waals surface area contributed by atoms with E-state index in [0.29, 0.717) is 11.5 Å². The summed E-state index contributed by atoms with van der Waals surface area (Å²) in [5.74, 6) is 1.14. The number of rotatable bonds is 4. The van der Waals surface area contributed by atoms with Crippen molar-refractivity contribution in [2.75, 3.05) is 12.0 Å². The topological polar surface area (TPSA) is 55.8 Å². The lowest BCUT2D eigenvalue weighted by Crippen LogP contribution is -2.28. The highest BCUT2D eigenvalue weighted by molar-refractivity contribution is 7.53. The van der Waals surface area contributed by atoms with Crippen LogP contribution in [0, 0.1) is 0 Å². The first kappa shape index (κ1) is 14.7. The van der Waals surface area contributed by atoms with Crippen molar-refractivity contribution in [1.82, 2.24) is 0 Å². The highest BCUT2D eigenvalue weighted by Gasteiger charge is 2.40. The fourth-order valence-corrected chi connectivity index (χ4v) is 3.48. The number of fused-ring (bicyclic) bond motifs is 1. The van der Waals surface area contributed by atoms with Gasteiger partial charge in [0.25, 0.3) is 0 Å². The Bertz CT molecular complexity index is 529. The Morgan fingerprint density at radius 1 is 1.53 bits per heavy atom. The van der Waals surface area contributed by atoms with Crippen molar-refractivity contribution in [2.24, 2.45) is 0 Å². The van der Waals surface area contributed by atoms with Crippen LogP contribution in [0.1, 0.15) is 32.3 Å². The van der Waals surface area contributed by atoms with Gasteiger partial charge in [0.05, 0.1) is 6.16 Å². The molecule has 1 aliphatic heterocycles. The number of hydrogen-bond acceptors (Lipinski definition) is 3. The maximum atomic E-state index is 11.8. The summed E-state index contributed by atoms with van der Waals surface area (Å²) in [5, 5.41) is 0. The zero-order valence-corrected chi connectivity index (χ0v) is 12.9. The Hall–Kier alpha value is -0.700. The SMILES string of the molecule is CC1c2cccc(OP(=O)(O)CCCl)c2OC1(C)C. The van der Waals surface area contributed by atoms with Crippen LogP contribution in [0.15, 0.2) is 18.2 Å². The maximum Gasteiger partial charge on any atom is 0.377 e. The van der Waals surface area contributed by atoms with E-state index in [2.05, 4.69) is 6.92 Å². The minimum Gasteiger partial charge on any atom is -0.483 e. The first-order chi connectivity index (χ1) is 8.77. The summed E-state index contributed by atoms with van der Waals surface area (Å²) in [7, 11) is -3.72. The predicted molar refractivity (Wildman–Crippen MR) is 75.6 cm³/mol. The quantitative estimate of drug-likeness (QED) is 0.679. The first-order valence-electron chi connectivity index (χ1n) is 6.16. The third-order valence-corrected chi connectivity index (χ3v) is 5.22. The van der Waals surface area contributed by atoms with E-state index in [1.54, 1.807) is 12.1 Å². The van der Waals surface area contributed by atoms with E-state index in [-0.39, 0.29) is 23.6 Å². The van der Waals surface area contributed by atoms with Gasteiger partial charge >= 0.3 is 7.60 Å². The molecule has 19 heavy (non-hydrogen) atoms. The highest BCUT2D eigenvalue weighted by atomic mass is 35.5. The van der Waals surface area contributed by atoms with E-state index in [1.807, 2.05) is 19.9 Å². The largest absolute Gasteiger partial charge is 0.483 e. The van der Waals surface area contributed by atoms with Gasteiger partial charge in [-0.05, 0) is 19.9 Å². The van der Waals surface area contributed by atoms with E-state index in [9.17, 15) is 9.46 Å². The highest BCUT2D eigenvalue weighted by Crippen LogP contribution is 2.53. The summed E-state index contributed by atoms with van der Waals surface area (Å²) >= 11 is 5.49. The van der Waals surface area contributed by atoms with Gasteiger partial charge < -0.3 is 14.2 Å². The van der Waals surface area contributed by atoms with Crippen LogP contribution >= 0.6 is 19.2 Å². The van der Waals surface area contributed by atoms with Gasteiger partial charge in [-0.15, -0.1) is 11.6 Å². The Labute approximate surface area is 118 Å². The second-order valence-corrected chi connectivity index (χ2v) is 7.53. The molecule has 0 saturated heterocycles. The monoisotopic (exact) mass is 304 g/mol. The summed E-state index contributed by atoms with van der Waals surface area (Å²) in [6, 6.07) is 5.39. The van der Waals surface area contributed by atoms with E-state index < -0.39 is 7.60 Å². The summed E-state index contributed by atoms with van der Waals surface area (Å²) in [6.07, 6.45) is -0.0861. The van der Waals surface area contributed by atoms with Gasteiger partial charge in [0.1, 0.15) is 5.60 Å². The summed E-state index contributed by atoms with van der Waals surface area (Å²) in [6.45, 7) is 6.03. The maximum absolute atomic E-state index is 11.8. The number of ether oxygens (including phenoxy) is 1. The molecule has 1 N–H and O–H groups in total.